The molecule has 0 bridgehead atoms. The van der Waals surface area contributed by atoms with Crippen LogP contribution in [0.4, 0.5) is 8.78 Å². The average molecular weight is 219 g/mol. The minimum absolute atomic E-state index is 0.156. The molecule has 0 aliphatic carbocycles. The summed E-state index contributed by atoms with van der Waals surface area (Å²) in [5.41, 5.74) is 0.591. The molecule has 0 saturated heterocycles. The number of ether oxygens (including phenoxy) is 1. The first-order chi connectivity index (χ1) is 6.74. The molecule has 0 unspecified atom stereocenters. The monoisotopic (exact) mass is 218 g/mol. The summed E-state index contributed by atoms with van der Waals surface area (Å²) < 4.78 is 28.2. The number of halogens is 3. The maximum absolute atomic E-state index is 12.0. The number of hydrogen-bond acceptors (Lipinski definition) is 1. The highest BCUT2D eigenvalue weighted by molar-refractivity contribution is 6.19. The topological polar surface area (TPSA) is 9.23 Å². The molecule has 0 atom stereocenters. The molecule has 76 valence electrons. The summed E-state index contributed by atoms with van der Waals surface area (Å²) in [6.07, 6.45) is 3.31. The van der Waals surface area contributed by atoms with Gasteiger partial charge < -0.3 is 4.74 Å². The molecule has 0 aromatic heterocycles. The maximum Gasteiger partial charge on any atom is 0.387 e. The minimum Gasteiger partial charge on any atom is -0.434 e. The zero-order valence-electron chi connectivity index (χ0n) is 7.29. The van der Waals surface area contributed by atoms with E-state index in [4.69, 9.17) is 11.6 Å². The van der Waals surface area contributed by atoms with Crippen molar-refractivity contribution in [2.24, 2.45) is 0 Å². The second-order valence-electron chi connectivity index (χ2n) is 2.47. The smallest absolute Gasteiger partial charge is 0.387 e. The van der Waals surface area contributed by atoms with E-state index in [9.17, 15) is 8.78 Å². The standard InChI is InChI=1S/C10H9ClF2O/c11-7-3-5-8-4-1-2-6-9(8)14-10(12)13/h1-6,10H,7H2. The van der Waals surface area contributed by atoms with E-state index in [0.717, 1.165) is 0 Å². The summed E-state index contributed by atoms with van der Waals surface area (Å²) in [5, 5.41) is 0. The molecule has 1 aromatic rings. The van der Waals surface area contributed by atoms with E-state index in [1.807, 2.05) is 0 Å². The Labute approximate surface area is 85.9 Å². The van der Waals surface area contributed by atoms with Crippen molar-refractivity contribution in [2.45, 2.75) is 6.61 Å². The molecule has 0 heterocycles. The first kappa shape index (κ1) is 11.0. The number of rotatable bonds is 4. The van der Waals surface area contributed by atoms with Gasteiger partial charge in [-0.3, -0.25) is 0 Å². The molecule has 0 fully saturated rings. The Balaban J connectivity index is 2.85. The van der Waals surface area contributed by atoms with Crippen LogP contribution in [0.3, 0.4) is 0 Å². The van der Waals surface area contributed by atoms with Gasteiger partial charge in [-0.1, -0.05) is 30.4 Å². The van der Waals surface area contributed by atoms with Crippen molar-refractivity contribution in [1.29, 1.82) is 0 Å². The largest absolute Gasteiger partial charge is 0.434 e. The van der Waals surface area contributed by atoms with Crippen molar-refractivity contribution < 1.29 is 13.5 Å². The highest BCUT2D eigenvalue weighted by atomic mass is 35.5. The molecule has 4 heteroatoms. The summed E-state index contributed by atoms with van der Waals surface area (Å²) in [5.74, 6) is 0.493. The molecule has 0 spiro atoms. The van der Waals surface area contributed by atoms with E-state index < -0.39 is 6.61 Å². The van der Waals surface area contributed by atoms with Gasteiger partial charge in [0.1, 0.15) is 5.75 Å². The predicted molar refractivity (Wildman–Crippen MR) is 52.8 cm³/mol. The van der Waals surface area contributed by atoms with Crippen molar-refractivity contribution in [1.82, 2.24) is 0 Å². The molecule has 0 aliphatic rings. The summed E-state index contributed by atoms with van der Waals surface area (Å²) in [4.78, 5) is 0. The fourth-order valence-corrected chi connectivity index (χ4v) is 1.08. The Morgan fingerprint density at radius 1 is 1.36 bits per heavy atom. The first-order valence-corrected chi connectivity index (χ1v) is 4.54. The third kappa shape index (κ3) is 3.34. The SMILES string of the molecule is FC(F)Oc1ccccc1C=CCCl. The Morgan fingerprint density at radius 2 is 2.07 bits per heavy atom. The normalized spacial score (nSPS) is 11.1. The van der Waals surface area contributed by atoms with Gasteiger partial charge >= 0.3 is 6.61 Å². The van der Waals surface area contributed by atoms with Gasteiger partial charge in [-0.05, 0) is 6.07 Å². The lowest BCUT2D eigenvalue weighted by molar-refractivity contribution is -0.0499. The molecule has 0 radical (unpaired) electrons. The van der Waals surface area contributed by atoms with Crippen LogP contribution in [0.15, 0.2) is 30.3 Å². The van der Waals surface area contributed by atoms with Gasteiger partial charge in [-0.15, -0.1) is 11.6 Å². The molecule has 0 amide bonds. The summed E-state index contributed by atoms with van der Waals surface area (Å²) >= 11 is 5.43. The molecule has 0 saturated carbocycles. The zero-order chi connectivity index (χ0) is 10.4. The molecule has 1 aromatic carbocycles. The van der Waals surface area contributed by atoms with Crippen LogP contribution in [0.1, 0.15) is 5.56 Å². The molecule has 1 rings (SSSR count). The van der Waals surface area contributed by atoms with E-state index in [-0.39, 0.29) is 5.75 Å². The molecule has 1 nitrogen and oxygen atoms in total. The van der Waals surface area contributed by atoms with Crippen LogP contribution >= 0.6 is 11.6 Å². The maximum atomic E-state index is 12.0. The highest BCUT2D eigenvalue weighted by Gasteiger charge is 2.06. The molecular formula is C10H9ClF2O. The Kier molecular flexibility index (Phi) is 4.40. The van der Waals surface area contributed by atoms with Crippen LogP contribution in [-0.2, 0) is 0 Å². The van der Waals surface area contributed by atoms with Crippen molar-refractivity contribution in [3.05, 3.63) is 35.9 Å². The van der Waals surface area contributed by atoms with Crippen LogP contribution in [0.5, 0.6) is 5.75 Å². The van der Waals surface area contributed by atoms with Gasteiger partial charge in [-0.25, -0.2) is 0 Å². The zero-order valence-corrected chi connectivity index (χ0v) is 8.05. The lowest BCUT2D eigenvalue weighted by Crippen LogP contribution is -2.02. The van der Waals surface area contributed by atoms with E-state index in [2.05, 4.69) is 4.74 Å². The Hall–Kier alpha value is -1.09. The minimum atomic E-state index is -2.81. The van der Waals surface area contributed by atoms with Crippen molar-refractivity contribution in [3.8, 4) is 5.75 Å². The molecule has 14 heavy (non-hydrogen) atoms. The summed E-state index contributed by atoms with van der Waals surface area (Å²) in [7, 11) is 0. The van der Waals surface area contributed by atoms with E-state index in [1.54, 1.807) is 30.4 Å². The molecule has 0 aliphatic heterocycles. The van der Waals surface area contributed by atoms with Crippen LogP contribution in [0.25, 0.3) is 6.08 Å². The highest BCUT2D eigenvalue weighted by Crippen LogP contribution is 2.21. The van der Waals surface area contributed by atoms with Gasteiger partial charge in [0.25, 0.3) is 0 Å². The van der Waals surface area contributed by atoms with Gasteiger partial charge in [0, 0.05) is 11.4 Å². The number of benzene rings is 1. The Morgan fingerprint density at radius 3 is 2.71 bits per heavy atom. The van der Waals surface area contributed by atoms with Crippen LogP contribution in [0.2, 0.25) is 0 Å². The van der Waals surface area contributed by atoms with Crippen LogP contribution < -0.4 is 4.74 Å². The number of allylic oxidation sites excluding steroid dienone is 1. The first-order valence-electron chi connectivity index (χ1n) is 4.00. The number of alkyl halides is 3. The quantitative estimate of drug-likeness (QED) is 0.703. The lowest BCUT2D eigenvalue weighted by Gasteiger charge is -2.06. The van der Waals surface area contributed by atoms with Crippen LogP contribution in [0, 0.1) is 0 Å². The second kappa shape index (κ2) is 5.60. The Bertz CT molecular complexity index is 313. The number of para-hydroxylation sites is 1. The lowest BCUT2D eigenvalue weighted by atomic mass is 10.2. The molecular weight excluding hydrogens is 210 g/mol. The van der Waals surface area contributed by atoms with E-state index in [0.29, 0.717) is 11.4 Å². The fourth-order valence-electron chi connectivity index (χ4n) is 0.993. The van der Waals surface area contributed by atoms with E-state index in [1.165, 1.54) is 6.07 Å². The molecule has 0 N–H and O–H groups in total. The predicted octanol–water partition coefficient (Wildman–Crippen LogP) is 3.54. The second-order valence-corrected chi connectivity index (χ2v) is 2.78. The average Bonchev–Trinajstić information content (AvgIpc) is 2.16. The number of hydrogen-bond donors (Lipinski definition) is 0. The van der Waals surface area contributed by atoms with Gasteiger partial charge in [0.15, 0.2) is 0 Å². The van der Waals surface area contributed by atoms with Crippen molar-refractivity contribution in [3.63, 3.8) is 0 Å². The van der Waals surface area contributed by atoms with Crippen molar-refractivity contribution in [2.75, 3.05) is 5.88 Å². The van der Waals surface area contributed by atoms with Gasteiger partial charge in [0.05, 0.1) is 0 Å². The summed E-state index contributed by atoms with van der Waals surface area (Å²) in [6, 6.07) is 6.54. The third-order valence-corrected chi connectivity index (χ3v) is 1.70. The van der Waals surface area contributed by atoms with Gasteiger partial charge in [-0.2, -0.15) is 8.78 Å². The summed E-state index contributed by atoms with van der Waals surface area (Å²) in [6.45, 7) is -2.81. The van der Waals surface area contributed by atoms with E-state index >= 15 is 0 Å². The fraction of sp³-hybridized carbons (Fsp3) is 0.200. The van der Waals surface area contributed by atoms with Crippen LogP contribution in [-0.4, -0.2) is 12.5 Å². The third-order valence-electron chi connectivity index (χ3n) is 1.52. The van der Waals surface area contributed by atoms with Gasteiger partial charge in [0.2, 0.25) is 0 Å². The van der Waals surface area contributed by atoms with Crippen molar-refractivity contribution >= 4 is 17.7 Å².